The van der Waals surface area contributed by atoms with Gasteiger partial charge in [-0.15, -0.1) is 11.6 Å². The summed E-state index contributed by atoms with van der Waals surface area (Å²) in [6.45, 7) is 7.04. The van der Waals surface area contributed by atoms with Crippen LogP contribution in [0.15, 0.2) is 0 Å². The number of halogens is 1. The molecule has 4 nitrogen and oxygen atoms in total. The predicted octanol–water partition coefficient (Wildman–Crippen LogP) is 3.70. The second kappa shape index (κ2) is 17.2. The Kier molecular flexibility index (Phi) is 18.6. The van der Waals surface area contributed by atoms with Crippen LogP contribution < -0.4 is 0 Å². The molecule has 0 aromatic carbocycles. The minimum Gasteiger partial charge on any atom is -0.466 e. The average Bonchev–Trinajstić information content (AvgIpc) is 2.40. The van der Waals surface area contributed by atoms with Crippen LogP contribution in [0.3, 0.4) is 0 Å². The molecule has 0 aliphatic heterocycles. The summed E-state index contributed by atoms with van der Waals surface area (Å²) in [5, 5.41) is 0. The molecule has 0 radical (unpaired) electrons. The van der Waals surface area contributed by atoms with Gasteiger partial charge in [0.25, 0.3) is 0 Å². The second-order valence-electron chi connectivity index (χ2n) is 3.94. The van der Waals surface area contributed by atoms with Gasteiger partial charge in [0.15, 0.2) is 0 Å². The average molecular weight is 295 g/mol. The highest BCUT2D eigenvalue weighted by Gasteiger charge is 1.98. The fourth-order valence-electron chi connectivity index (χ4n) is 0.912. The number of unbranched alkanes of at least 4 members (excludes halogenated alkanes) is 2. The van der Waals surface area contributed by atoms with Gasteiger partial charge in [-0.3, -0.25) is 9.59 Å². The molecule has 0 spiro atoms. The zero-order valence-corrected chi connectivity index (χ0v) is 13.1. The molecule has 0 amide bonds. The Labute approximate surface area is 121 Å². The molecule has 0 saturated heterocycles. The van der Waals surface area contributed by atoms with Crippen molar-refractivity contribution in [3.05, 3.63) is 0 Å². The first-order valence-electron chi connectivity index (χ1n) is 6.99. The van der Waals surface area contributed by atoms with Gasteiger partial charge in [-0.05, 0) is 12.8 Å². The molecule has 0 aliphatic carbocycles. The van der Waals surface area contributed by atoms with Crippen LogP contribution in [-0.2, 0) is 19.1 Å². The number of rotatable bonds is 9. The van der Waals surface area contributed by atoms with Gasteiger partial charge in [0.2, 0.25) is 0 Å². The Morgan fingerprint density at radius 2 is 1.37 bits per heavy atom. The molecular weight excluding hydrogens is 268 g/mol. The maximum Gasteiger partial charge on any atom is 0.306 e. The Morgan fingerprint density at radius 1 is 0.895 bits per heavy atom. The van der Waals surface area contributed by atoms with Crippen LogP contribution in [0.1, 0.15) is 59.3 Å². The molecule has 0 aliphatic rings. The molecule has 5 heteroatoms. The SMILES string of the molecule is CCCCOC(=O)CC.CCCCOC(=O)CCCl. The van der Waals surface area contributed by atoms with Gasteiger partial charge in [0.05, 0.1) is 19.6 Å². The molecular formula is C14H27ClO4. The Bertz CT molecular complexity index is 219. The highest BCUT2D eigenvalue weighted by Crippen LogP contribution is 1.93. The van der Waals surface area contributed by atoms with Crippen LogP contribution in [0.5, 0.6) is 0 Å². The minimum atomic E-state index is -0.191. The van der Waals surface area contributed by atoms with Gasteiger partial charge >= 0.3 is 11.9 Å². The van der Waals surface area contributed by atoms with E-state index in [-0.39, 0.29) is 11.9 Å². The van der Waals surface area contributed by atoms with Crippen molar-refractivity contribution in [3.8, 4) is 0 Å². The summed E-state index contributed by atoms with van der Waals surface area (Å²) in [6.07, 6.45) is 4.86. The Hall–Kier alpha value is -0.770. The van der Waals surface area contributed by atoms with Crippen LogP contribution in [0.2, 0.25) is 0 Å². The highest BCUT2D eigenvalue weighted by molar-refractivity contribution is 6.18. The Morgan fingerprint density at radius 3 is 1.74 bits per heavy atom. The molecule has 0 saturated carbocycles. The molecule has 0 N–H and O–H groups in total. The monoisotopic (exact) mass is 294 g/mol. The summed E-state index contributed by atoms with van der Waals surface area (Å²) >= 11 is 5.31. The van der Waals surface area contributed by atoms with Crippen molar-refractivity contribution >= 4 is 23.5 Å². The van der Waals surface area contributed by atoms with Crippen LogP contribution in [0, 0.1) is 0 Å². The molecule has 0 fully saturated rings. The van der Waals surface area contributed by atoms with Crippen molar-refractivity contribution in [1.29, 1.82) is 0 Å². The Balaban J connectivity index is 0. The standard InChI is InChI=1S/C7H13ClO2.C7H14O2/c1-2-3-6-10-7(9)4-5-8;1-3-5-6-9-7(8)4-2/h2-6H2,1H3;3-6H2,1-2H3. The fourth-order valence-corrected chi connectivity index (χ4v) is 1.07. The zero-order valence-electron chi connectivity index (χ0n) is 12.4. The summed E-state index contributed by atoms with van der Waals surface area (Å²) in [7, 11) is 0. The first kappa shape index (κ1) is 20.5. The molecule has 0 aromatic rings. The van der Waals surface area contributed by atoms with Crippen molar-refractivity contribution in [2.45, 2.75) is 59.3 Å². The van der Waals surface area contributed by atoms with E-state index in [1.165, 1.54) is 0 Å². The predicted molar refractivity (Wildman–Crippen MR) is 77.4 cm³/mol. The number of carbonyl (C=O) groups excluding carboxylic acids is 2. The van der Waals surface area contributed by atoms with E-state index in [1.54, 1.807) is 6.92 Å². The summed E-state index contributed by atoms with van der Waals surface area (Å²) in [5.41, 5.74) is 0. The highest BCUT2D eigenvalue weighted by atomic mass is 35.5. The van der Waals surface area contributed by atoms with Crippen molar-refractivity contribution in [2.75, 3.05) is 19.1 Å². The van der Waals surface area contributed by atoms with Gasteiger partial charge in [-0.25, -0.2) is 0 Å². The summed E-state index contributed by atoms with van der Waals surface area (Å²) in [5.74, 6) is 0.0669. The van der Waals surface area contributed by atoms with Crippen LogP contribution in [-0.4, -0.2) is 31.0 Å². The summed E-state index contributed by atoms with van der Waals surface area (Å²) in [4.78, 5) is 21.1. The topological polar surface area (TPSA) is 52.6 Å². The minimum absolute atomic E-state index is 0.0940. The summed E-state index contributed by atoms with van der Waals surface area (Å²) < 4.78 is 9.59. The molecule has 0 atom stereocenters. The van der Waals surface area contributed by atoms with Gasteiger partial charge in [-0.2, -0.15) is 0 Å². The number of carbonyl (C=O) groups is 2. The molecule has 114 valence electrons. The van der Waals surface area contributed by atoms with E-state index >= 15 is 0 Å². The van der Waals surface area contributed by atoms with Crippen LogP contribution in [0.4, 0.5) is 0 Å². The molecule has 0 unspecified atom stereocenters. The lowest BCUT2D eigenvalue weighted by Gasteiger charge is -2.00. The summed E-state index contributed by atoms with van der Waals surface area (Å²) in [6, 6.07) is 0. The molecule has 19 heavy (non-hydrogen) atoms. The van der Waals surface area contributed by atoms with Crippen molar-refractivity contribution in [2.24, 2.45) is 0 Å². The number of alkyl halides is 1. The van der Waals surface area contributed by atoms with Gasteiger partial charge < -0.3 is 9.47 Å². The van der Waals surface area contributed by atoms with Crippen molar-refractivity contribution < 1.29 is 19.1 Å². The molecule has 0 rings (SSSR count). The first-order valence-corrected chi connectivity index (χ1v) is 7.52. The second-order valence-corrected chi connectivity index (χ2v) is 4.32. The van der Waals surface area contributed by atoms with E-state index in [0.29, 0.717) is 31.9 Å². The molecule has 0 bridgehead atoms. The number of ether oxygens (including phenoxy) is 2. The lowest BCUT2D eigenvalue weighted by atomic mass is 10.4. The van der Waals surface area contributed by atoms with E-state index in [0.717, 1.165) is 25.7 Å². The van der Waals surface area contributed by atoms with Gasteiger partial charge in [-0.1, -0.05) is 33.6 Å². The zero-order chi connectivity index (χ0) is 14.9. The maximum atomic E-state index is 10.6. The fraction of sp³-hybridized carbons (Fsp3) is 0.857. The molecule has 0 heterocycles. The maximum absolute atomic E-state index is 10.6. The number of esters is 2. The quantitative estimate of drug-likeness (QED) is 0.370. The third-order valence-electron chi connectivity index (χ3n) is 2.11. The number of hydrogen-bond donors (Lipinski definition) is 0. The first-order chi connectivity index (χ1) is 9.12. The van der Waals surface area contributed by atoms with E-state index in [1.807, 2.05) is 0 Å². The third-order valence-corrected chi connectivity index (χ3v) is 2.30. The third kappa shape index (κ3) is 19.7. The lowest BCUT2D eigenvalue weighted by molar-refractivity contribution is -0.144. The van der Waals surface area contributed by atoms with E-state index in [2.05, 4.69) is 13.8 Å². The largest absolute Gasteiger partial charge is 0.466 e. The van der Waals surface area contributed by atoms with Crippen LogP contribution in [0.25, 0.3) is 0 Å². The van der Waals surface area contributed by atoms with Gasteiger partial charge in [0.1, 0.15) is 0 Å². The van der Waals surface area contributed by atoms with E-state index < -0.39 is 0 Å². The van der Waals surface area contributed by atoms with Crippen molar-refractivity contribution in [3.63, 3.8) is 0 Å². The van der Waals surface area contributed by atoms with E-state index in [9.17, 15) is 9.59 Å². The van der Waals surface area contributed by atoms with E-state index in [4.69, 9.17) is 21.1 Å². The number of hydrogen-bond acceptors (Lipinski definition) is 4. The van der Waals surface area contributed by atoms with Gasteiger partial charge in [0, 0.05) is 12.3 Å². The normalized spacial score (nSPS) is 9.26. The van der Waals surface area contributed by atoms with Crippen LogP contribution >= 0.6 is 11.6 Å². The van der Waals surface area contributed by atoms with Crippen molar-refractivity contribution in [1.82, 2.24) is 0 Å². The molecule has 0 aromatic heterocycles. The lowest BCUT2D eigenvalue weighted by Crippen LogP contribution is -2.05. The smallest absolute Gasteiger partial charge is 0.306 e.